The Bertz CT molecular complexity index is 537. The van der Waals surface area contributed by atoms with Crippen molar-refractivity contribution in [2.75, 3.05) is 11.4 Å². The maximum absolute atomic E-state index is 12.0. The molecule has 0 bridgehead atoms. The number of amides is 2. The van der Waals surface area contributed by atoms with Gasteiger partial charge < -0.3 is 15.0 Å². The van der Waals surface area contributed by atoms with Gasteiger partial charge in [0.1, 0.15) is 5.60 Å². The zero-order valence-corrected chi connectivity index (χ0v) is 13.1. The highest BCUT2D eigenvalue weighted by Crippen LogP contribution is 2.23. The van der Waals surface area contributed by atoms with Crippen LogP contribution < -0.4 is 10.2 Å². The summed E-state index contributed by atoms with van der Waals surface area (Å²) in [5, 5.41) is 3.35. The van der Waals surface area contributed by atoms with Gasteiger partial charge >= 0.3 is 6.09 Å². The molecule has 1 saturated heterocycles. The van der Waals surface area contributed by atoms with Crippen molar-refractivity contribution in [1.82, 2.24) is 5.32 Å². The number of hydrogen-bond acceptors (Lipinski definition) is 3. The molecule has 1 unspecified atom stereocenters. The van der Waals surface area contributed by atoms with Crippen LogP contribution in [0, 0.1) is 0 Å². The van der Waals surface area contributed by atoms with Gasteiger partial charge in [-0.3, -0.25) is 4.79 Å². The first kappa shape index (κ1) is 15.6. The lowest BCUT2D eigenvalue weighted by atomic mass is 10.2. The van der Waals surface area contributed by atoms with E-state index in [1.54, 1.807) is 49.9 Å². The van der Waals surface area contributed by atoms with Gasteiger partial charge in [0.2, 0.25) is 5.91 Å². The third-order valence-corrected chi connectivity index (χ3v) is 3.24. The molecule has 0 aromatic heterocycles. The highest BCUT2D eigenvalue weighted by molar-refractivity contribution is 6.30. The highest BCUT2D eigenvalue weighted by atomic mass is 35.5. The van der Waals surface area contributed by atoms with E-state index in [4.69, 9.17) is 16.3 Å². The van der Waals surface area contributed by atoms with E-state index in [0.29, 0.717) is 11.6 Å². The first-order valence-corrected chi connectivity index (χ1v) is 7.18. The van der Waals surface area contributed by atoms with Gasteiger partial charge in [-0.1, -0.05) is 11.6 Å². The van der Waals surface area contributed by atoms with Crippen LogP contribution in [-0.4, -0.2) is 30.2 Å². The Labute approximate surface area is 129 Å². The molecule has 0 spiro atoms. The third kappa shape index (κ3) is 4.36. The van der Waals surface area contributed by atoms with Crippen LogP contribution in [0.25, 0.3) is 0 Å². The first-order valence-electron chi connectivity index (χ1n) is 6.80. The van der Waals surface area contributed by atoms with E-state index in [1.807, 2.05) is 0 Å². The second-order valence-corrected chi connectivity index (χ2v) is 6.46. The van der Waals surface area contributed by atoms with Gasteiger partial charge in [0, 0.05) is 23.7 Å². The Kier molecular flexibility index (Phi) is 4.42. The summed E-state index contributed by atoms with van der Waals surface area (Å²) in [6, 6.07) is 6.80. The predicted molar refractivity (Wildman–Crippen MR) is 81.6 cm³/mol. The standard InChI is InChI=1S/C15H19ClN2O3/c1-15(2,3)21-14(20)17-11-8-13(19)18(9-11)12-6-4-10(16)5-7-12/h4-7,11H,8-9H2,1-3H3,(H,17,20). The summed E-state index contributed by atoms with van der Waals surface area (Å²) in [5.74, 6) is -0.0293. The summed E-state index contributed by atoms with van der Waals surface area (Å²) >= 11 is 5.84. The maximum Gasteiger partial charge on any atom is 0.407 e. The minimum Gasteiger partial charge on any atom is -0.444 e. The number of carbonyl (C=O) groups excluding carboxylic acids is 2. The van der Waals surface area contributed by atoms with E-state index < -0.39 is 11.7 Å². The first-order chi connectivity index (χ1) is 9.74. The lowest BCUT2D eigenvalue weighted by Crippen LogP contribution is -2.40. The van der Waals surface area contributed by atoms with Gasteiger partial charge in [-0.25, -0.2) is 4.79 Å². The molecule has 21 heavy (non-hydrogen) atoms. The van der Waals surface area contributed by atoms with Gasteiger partial charge in [0.05, 0.1) is 6.04 Å². The number of halogens is 1. The minimum atomic E-state index is -0.553. The Morgan fingerprint density at radius 1 is 1.33 bits per heavy atom. The summed E-state index contributed by atoms with van der Waals surface area (Å²) < 4.78 is 5.19. The Morgan fingerprint density at radius 3 is 2.52 bits per heavy atom. The fourth-order valence-corrected chi connectivity index (χ4v) is 2.28. The molecular weight excluding hydrogens is 292 g/mol. The van der Waals surface area contributed by atoms with E-state index >= 15 is 0 Å². The van der Waals surface area contributed by atoms with Crippen molar-refractivity contribution in [1.29, 1.82) is 0 Å². The van der Waals surface area contributed by atoms with E-state index in [0.717, 1.165) is 5.69 Å². The number of nitrogens with one attached hydrogen (secondary N) is 1. The molecule has 1 aliphatic heterocycles. The van der Waals surface area contributed by atoms with E-state index in [2.05, 4.69) is 5.32 Å². The lowest BCUT2D eigenvalue weighted by molar-refractivity contribution is -0.117. The van der Waals surface area contributed by atoms with Crippen molar-refractivity contribution in [2.45, 2.75) is 38.8 Å². The SMILES string of the molecule is CC(C)(C)OC(=O)NC1CC(=O)N(c2ccc(Cl)cc2)C1. The van der Waals surface area contributed by atoms with Crippen LogP contribution in [0.3, 0.4) is 0 Å². The molecule has 0 aliphatic carbocycles. The molecule has 2 rings (SSSR count). The van der Waals surface area contributed by atoms with Gasteiger partial charge in [-0.15, -0.1) is 0 Å². The highest BCUT2D eigenvalue weighted by Gasteiger charge is 2.32. The second-order valence-electron chi connectivity index (χ2n) is 6.03. The Hall–Kier alpha value is -1.75. The molecule has 1 aromatic carbocycles. The van der Waals surface area contributed by atoms with E-state index in [-0.39, 0.29) is 18.4 Å². The molecule has 6 heteroatoms. The molecule has 1 aliphatic rings. The quantitative estimate of drug-likeness (QED) is 0.913. The Balaban J connectivity index is 1.96. The van der Waals surface area contributed by atoms with Gasteiger partial charge in [-0.05, 0) is 45.0 Å². The van der Waals surface area contributed by atoms with Crippen molar-refractivity contribution < 1.29 is 14.3 Å². The van der Waals surface area contributed by atoms with Gasteiger partial charge in [0.25, 0.3) is 0 Å². The third-order valence-electron chi connectivity index (χ3n) is 2.98. The predicted octanol–water partition coefficient (Wildman–Crippen LogP) is 2.97. The second kappa shape index (κ2) is 5.93. The van der Waals surface area contributed by atoms with Crippen LogP contribution in [-0.2, 0) is 9.53 Å². The number of alkyl carbamates (subject to hydrolysis) is 1. The average molecular weight is 311 g/mol. The largest absolute Gasteiger partial charge is 0.444 e. The van der Waals surface area contributed by atoms with Crippen molar-refractivity contribution in [3.05, 3.63) is 29.3 Å². The number of anilines is 1. The molecule has 5 nitrogen and oxygen atoms in total. The van der Waals surface area contributed by atoms with Crippen molar-refractivity contribution in [3.8, 4) is 0 Å². The molecule has 2 amide bonds. The molecule has 1 fully saturated rings. The van der Waals surface area contributed by atoms with Crippen LogP contribution in [0.4, 0.5) is 10.5 Å². The zero-order valence-electron chi connectivity index (χ0n) is 12.4. The molecule has 1 atom stereocenters. The lowest BCUT2D eigenvalue weighted by Gasteiger charge is -2.22. The number of ether oxygens (including phenoxy) is 1. The summed E-state index contributed by atoms with van der Waals surface area (Å²) in [5.41, 5.74) is 0.223. The van der Waals surface area contributed by atoms with Gasteiger partial charge in [0.15, 0.2) is 0 Å². The van der Waals surface area contributed by atoms with Crippen LogP contribution in [0.1, 0.15) is 27.2 Å². The fraction of sp³-hybridized carbons (Fsp3) is 0.467. The molecule has 1 heterocycles. The molecule has 0 saturated carbocycles. The van der Waals surface area contributed by atoms with Crippen molar-refractivity contribution >= 4 is 29.3 Å². The van der Waals surface area contributed by atoms with Crippen LogP contribution in [0.2, 0.25) is 5.02 Å². The summed E-state index contributed by atoms with van der Waals surface area (Å²) in [6.45, 7) is 5.82. The summed E-state index contributed by atoms with van der Waals surface area (Å²) in [7, 11) is 0. The summed E-state index contributed by atoms with van der Waals surface area (Å²) in [6.07, 6.45) is -0.236. The van der Waals surface area contributed by atoms with Gasteiger partial charge in [-0.2, -0.15) is 0 Å². The smallest absolute Gasteiger partial charge is 0.407 e. The normalized spacial score (nSPS) is 18.8. The molecule has 1 aromatic rings. The number of carbonyl (C=O) groups is 2. The molecule has 0 radical (unpaired) electrons. The maximum atomic E-state index is 12.0. The monoisotopic (exact) mass is 310 g/mol. The fourth-order valence-electron chi connectivity index (χ4n) is 2.15. The number of benzene rings is 1. The van der Waals surface area contributed by atoms with Crippen LogP contribution in [0.5, 0.6) is 0 Å². The molecular formula is C15H19ClN2O3. The number of nitrogens with zero attached hydrogens (tertiary/aromatic N) is 1. The number of hydrogen-bond donors (Lipinski definition) is 1. The average Bonchev–Trinajstić information content (AvgIpc) is 2.68. The Morgan fingerprint density at radius 2 is 1.95 bits per heavy atom. The van der Waals surface area contributed by atoms with Crippen molar-refractivity contribution in [3.63, 3.8) is 0 Å². The number of rotatable bonds is 2. The van der Waals surface area contributed by atoms with Crippen LogP contribution >= 0.6 is 11.6 Å². The minimum absolute atomic E-state index is 0.0293. The molecule has 114 valence electrons. The topological polar surface area (TPSA) is 58.6 Å². The zero-order chi connectivity index (χ0) is 15.6. The molecule has 1 N–H and O–H groups in total. The summed E-state index contributed by atoms with van der Waals surface area (Å²) in [4.78, 5) is 25.4. The van der Waals surface area contributed by atoms with E-state index in [9.17, 15) is 9.59 Å². The van der Waals surface area contributed by atoms with Crippen LogP contribution in [0.15, 0.2) is 24.3 Å². The van der Waals surface area contributed by atoms with E-state index in [1.165, 1.54) is 0 Å². The van der Waals surface area contributed by atoms with Crippen molar-refractivity contribution in [2.24, 2.45) is 0 Å².